The van der Waals surface area contributed by atoms with E-state index in [2.05, 4.69) is 44.4 Å². The molecule has 17 heavy (non-hydrogen) atoms. The van der Waals surface area contributed by atoms with Gasteiger partial charge in [-0.3, -0.25) is 0 Å². The van der Waals surface area contributed by atoms with Gasteiger partial charge in [0, 0.05) is 21.1 Å². The number of nitrogens with one attached hydrogen (secondary N) is 2. The summed E-state index contributed by atoms with van der Waals surface area (Å²) in [5.74, 6) is 0.783. The fourth-order valence-corrected chi connectivity index (χ4v) is 3.29. The van der Waals surface area contributed by atoms with Crippen LogP contribution >= 0.6 is 15.9 Å². The number of hydrogen-bond acceptors (Lipinski definition) is 1. The Bertz CT molecular complexity index is 544. The summed E-state index contributed by atoms with van der Waals surface area (Å²) in [5.41, 5.74) is 4.27. The lowest BCUT2D eigenvalue weighted by atomic mass is 9.86. The van der Waals surface area contributed by atoms with Crippen LogP contribution in [-0.4, -0.2) is 18.6 Å². The largest absolute Gasteiger partial charge is 0.358 e. The van der Waals surface area contributed by atoms with Gasteiger partial charge in [-0.1, -0.05) is 15.9 Å². The zero-order valence-corrected chi connectivity index (χ0v) is 11.6. The van der Waals surface area contributed by atoms with Gasteiger partial charge in [-0.15, -0.1) is 0 Å². The number of aromatic nitrogens is 1. The summed E-state index contributed by atoms with van der Waals surface area (Å²) in [6.45, 7) is 1.13. The molecule has 0 aliphatic heterocycles. The number of aryl methyl sites for hydroxylation is 1. The van der Waals surface area contributed by atoms with Crippen LogP contribution in [0.25, 0.3) is 10.9 Å². The van der Waals surface area contributed by atoms with E-state index in [9.17, 15) is 0 Å². The Balaban J connectivity index is 2.04. The first-order valence-corrected chi connectivity index (χ1v) is 7.01. The molecule has 0 saturated carbocycles. The fraction of sp³-hybridized carbons (Fsp3) is 0.429. The molecule has 1 aliphatic carbocycles. The summed E-state index contributed by atoms with van der Waals surface area (Å²) in [5, 5.41) is 4.70. The summed E-state index contributed by atoms with van der Waals surface area (Å²) in [7, 11) is 2.04. The molecule has 1 atom stereocenters. The molecule has 0 radical (unpaired) electrons. The number of rotatable bonds is 2. The molecule has 1 heterocycles. The van der Waals surface area contributed by atoms with Crippen LogP contribution in [-0.2, 0) is 12.8 Å². The van der Waals surface area contributed by atoms with Gasteiger partial charge in [0.1, 0.15) is 0 Å². The van der Waals surface area contributed by atoms with Crippen LogP contribution in [0.15, 0.2) is 22.7 Å². The van der Waals surface area contributed by atoms with E-state index in [4.69, 9.17) is 0 Å². The normalized spacial score (nSPS) is 19.5. The standard InChI is InChI=1S/C14H17BrN2/c1-16-8-9-2-4-13-11(6-9)12-7-10(15)3-5-14(12)17-13/h3,5,7,9,16-17H,2,4,6,8H2,1H3. The van der Waals surface area contributed by atoms with Gasteiger partial charge in [0.2, 0.25) is 0 Å². The average Bonchev–Trinajstić information content (AvgIpc) is 2.67. The second-order valence-electron chi connectivity index (χ2n) is 4.94. The number of fused-ring (bicyclic) bond motifs is 3. The van der Waals surface area contributed by atoms with E-state index in [0.29, 0.717) is 0 Å². The van der Waals surface area contributed by atoms with E-state index in [1.807, 2.05) is 7.05 Å². The van der Waals surface area contributed by atoms with Crippen LogP contribution in [0.5, 0.6) is 0 Å². The third-order valence-corrected chi connectivity index (χ3v) is 4.24. The third-order valence-electron chi connectivity index (χ3n) is 3.74. The molecule has 0 bridgehead atoms. The molecule has 3 heteroatoms. The third kappa shape index (κ3) is 2.02. The highest BCUT2D eigenvalue weighted by Crippen LogP contribution is 2.32. The summed E-state index contributed by atoms with van der Waals surface area (Å²) in [4.78, 5) is 3.56. The maximum Gasteiger partial charge on any atom is 0.0459 e. The molecular weight excluding hydrogens is 276 g/mol. The molecule has 3 rings (SSSR count). The van der Waals surface area contributed by atoms with Crippen LogP contribution in [0.4, 0.5) is 0 Å². The molecule has 0 spiro atoms. The summed E-state index contributed by atoms with van der Waals surface area (Å²) < 4.78 is 1.17. The lowest BCUT2D eigenvalue weighted by Crippen LogP contribution is -2.24. The number of H-pyrrole nitrogens is 1. The monoisotopic (exact) mass is 292 g/mol. The smallest absolute Gasteiger partial charge is 0.0459 e. The zero-order chi connectivity index (χ0) is 11.8. The van der Waals surface area contributed by atoms with Gasteiger partial charge in [0.05, 0.1) is 0 Å². The Labute approximate surface area is 110 Å². The van der Waals surface area contributed by atoms with E-state index in [1.54, 1.807) is 0 Å². The van der Waals surface area contributed by atoms with Crippen molar-refractivity contribution >= 4 is 26.8 Å². The quantitative estimate of drug-likeness (QED) is 0.874. The van der Waals surface area contributed by atoms with Crippen LogP contribution < -0.4 is 5.32 Å². The minimum absolute atomic E-state index is 0.783. The van der Waals surface area contributed by atoms with Crippen LogP contribution in [0.3, 0.4) is 0 Å². The van der Waals surface area contributed by atoms with Crippen molar-refractivity contribution in [1.29, 1.82) is 0 Å². The Morgan fingerprint density at radius 3 is 3.18 bits per heavy atom. The van der Waals surface area contributed by atoms with Gasteiger partial charge in [-0.2, -0.15) is 0 Å². The minimum atomic E-state index is 0.783. The van der Waals surface area contributed by atoms with Crippen molar-refractivity contribution in [3.8, 4) is 0 Å². The van der Waals surface area contributed by atoms with Gasteiger partial charge in [-0.05, 0) is 62.5 Å². The Morgan fingerprint density at radius 1 is 1.47 bits per heavy atom. The van der Waals surface area contributed by atoms with Crippen LogP contribution in [0.1, 0.15) is 17.7 Å². The molecule has 2 aromatic rings. The van der Waals surface area contributed by atoms with Crippen LogP contribution in [0.2, 0.25) is 0 Å². The second-order valence-corrected chi connectivity index (χ2v) is 5.85. The highest BCUT2D eigenvalue weighted by molar-refractivity contribution is 9.10. The van der Waals surface area contributed by atoms with Crippen molar-refractivity contribution in [1.82, 2.24) is 10.3 Å². The summed E-state index contributed by atoms with van der Waals surface area (Å²) >= 11 is 3.56. The van der Waals surface area contributed by atoms with Gasteiger partial charge >= 0.3 is 0 Å². The fourth-order valence-electron chi connectivity index (χ4n) is 2.92. The van der Waals surface area contributed by atoms with E-state index < -0.39 is 0 Å². The number of benzene rings is 1. The van der Waals surface area contributed by atoms with E-state index in [0.717, 1.165) is 12.5 Å². The zero-order valence-electron chi connectivity index (χ0n) is 10.0. The van der Waals surface area contributed by atoms with Gasteiger partial charge in [0.25, 0.3) is 0 Å². The molecular formula is C14H17BrN2. The first-order valence-electron chi connectivity index (χ1n) is 6.21. The molecule has 90 valence electrons. The van der Waals surface area contributed by atoms with Crippen molar-refractivity contribution in [2.75, 3.05) is 13.6 Å². The van der Waals surface area contributed by atoms with Gasteiger partial charge in [0.15, 0.2) is 0 Å². The van der Waals surface area contributed by atoms with Crippen molar-refractivity contribution in [3.05, 3.63) is 33.9 Å². The Hall–Kier alpha value is -0.800. The molecule has 1 aromatic carbocycles. The first-order chi connectivity index (χ1) is 8.28. The van der Waals surface area contributed by atoms with Crippen molar-refractivity contribution in [2.24, 2.45) is 5.92 Å². The molecule has 1 aromatic heterocycles. The van der Waals surface area contributed by atoms with Gasteiger partial charge < -0.3 is 10.3 Å². The highest BCUT2D eigenvalue weighted by Gasteiger charge is 2.21. The van der Waals surface area contributed by atoms with E-state index in [-0.39, 0.29) is 0 Å². The topological polar surface area (TPSA) is 27.8 Å². The molecule has 0 fully saturated rings. The molecule has 1 unspecified atom stereocenters. The molecule has 0 amide bonds. The van der Waals surface area contributed by atoms with E-state index in [1.165, 1.54) is 45.9 Å². The van der Waals surface area contributed by atoms with Crippen LogP contribution in [0, 0.1) is 5.92 Å². The predicted molar refractivity (Wildman–Crippen MR) is 75.4 cm³/mol. The predicted octanol–water partition coefficient (Wildman–Crippen LogP) is 3.25. The number of halogens is 1. The maximum absolute atomic E-state index is 3.56. The first kappa shape index (κ1) is 11.3. The Kier molecular flexibility index (Phi) is 2.97. The van der Waals surface area contributed by atoms with E-state index >= 15 is 0 Å². The van der Waals surface area contributed by atoms with Gasteiger partial charge in [-0.25, -0.2) is 0 Å². The number of hydrogen-bond donors (Lipinski definition) is 2. The second kappa shape index (κ2) is 4.46. The molecule has 1 aliphatic rings. The molecule has 0 saturated heterocycles. The molecule has 2 N–H and O–H groups in total. The van der Waals surface area contributed by atoms with Crippen molar-refractivity contribution in [2.45, 2.75) is 19.3 Å². The minimum Gasteiger partial charge on any atom is -0.358 e. The van der Waals surface area contributed by atoms with Crippen molar-refractivity contribution in [3.63, 3.8) is 0 Å². The Morgan fingerprint density at radius 2 is 2.35 bits per heavy atom. The maximum atomic E-state index is 3.56. The molecule has 2 nitrogen and oxygen atoms in total. The van der Waals surface area contributed by atoms with Crippen molar-refractivity contribution < 1.29 is 0 Å². The summed E-state index contributed by atoms with van der Waals surface area (Å²) in [6.07, 6.45) is 3.68. The SMILES string of the molecule is CNCC1CCc2[nH]c3ccc(Br)cc3c2C1. The summed E-state index contributed by atoms with van der Waals surface area (Å²) in [6, 6.07) is 6.52. The average molecular weight is 293 g/mol. The number of aromatic amines is 1. The highest BCUT2D eigenvalue weighted by atomic mass is 79.9. The lowest BCUT2D eigenvalue weighted by molar-refractivity contribution is 0.439. The lowest BCUT2D eigenvalue weighted by Gasteiger charge is -2.22.